The number of rotatable bonds is 6. The first-order chi connectivity index (χ1) is 6.79. The zero-order valence-corrected chi connectivity index (χ0v) is 9.26. The predicted molar refractivity (Wildman–Crippen MR) is 60.1 cm³/mol. The summed E-state index contributed by atoms with van der Waals surface area (Å²) in [7, 11) is -0.669. The van der Waals surface area contributed by atoms with E-state index in [0.29, 0.717) is 6.61 Å². The number of benzene rings is 1. The minimum atomic E-state index is -0.669. The van der Waals surface area contributed by atoms with Crippen LogP contribution in [0.2, 0.25) is 0 Å². The summed E-state index contributed by atoms with van der Waals surface area (Å²) >= 11 is 0. The molecule has 0 spiro atoms. The van der Waals surface area contributed by atoms with E-state index in [4.69, 9.17) is 4.74 Å². The Bertz CT molecular complexity index is 272. The van der Waals surface area contributed by atoms with Gasteiger partial charge in [-0.2, -0.15) is 0 Å². The van der Waals surface area contributed by atoms with Gasteiger partial charge < -0.3 is 4.74 Å². The van der Waals surface area contributed by atoms with Gasteiger partial charge in [-0.25, -0.2) is 0 Å². The molecule has 14 heavy (non-hydrogen) atoms. The van der Waals surface area contributed by atoms with Gasteiger partial charge in [0.2, 0.25) is 0 Å². The van der Waals surface area contributed by atoms with Crippen molar-refractivity contribution in [3.8, 4) is 5.75 Å². The molecule has 0 amide bonds. The summed E-state index contributed by atoms with van der Waals surface area (Å²) in [5.41, 5.74) is 0. The van der Waals surface area contributed by atoms with Gasteiger partial charge in [-0.15, -0.1) is 0 Å². The highest BCUT2D eigenvalue weighted by Crippen LogP contribution is 2.08. The predicted octanol–water partition coefficient (Wildman–Crippen LogP) is 2.22. The first-order valence-corrected chi connectivity index (χ1v) is 6.49. The SMILES string of the molecule is CS(=O)CCCCOc1ccccc1. The van der Waals surface area contributed by atoms with Crippen LogP contribution in [0.4, 0.5) is 0 Å². The van der Waals surface area contributed by atoms with Crippen molar-refractivity contribution >= 4 is 10.8 Å². The molecular formula is C11H16O2S. The fourth-order valence-corrected chi connectivity index (χ4v) is 1.72. The van der Waals surface area contributed by atoms with Crippen LogP contribution < -0.4 is 4.74 Å². The molecule has 0 aliphatic carbocycles. The van der Waals surface area contributed by atoms with Crippen LogP contribution in [0.1, 0.15) is 12.8 Å². The Kier molecular flexibility index (Phi) is 5.30. The number of hydrogen-bond acceptors (Lipinski definition) is 2. The average Bonchev–Trinajstić information content (AvgIpc) is 2.18. The first kappa shape index (κ1) is 11.2. The maximum atomic E-state index is 10.7. The molecule has 0 aromatic heterocycles. The average molecular weight is 212 g/mol. The second-order valence-electron chi connectivity index (χ2n) is 3.15. The van der Waals surface area contributed by atoms with Crippen LogP contribution in [-0.2, 0) is 10.8 Å². The smallest absolute Gasteiger partial charge is 0.119 e. The highest BCUT2D eigenvalue weighted by atomic mass is 32.2. The van der Waals surface area contributed by atoms with E-state index in [2.05, 4.69) is 0 Å². The van der Waals surface area contributed by atoms with Gasteiger partial charge in [0.25, 0.3) is 0 Å². The second kappa shape index (κ2) is 6.60. The van der Waals surface area contributed by atoms with Crippen LogP contribution in [-0.4, -0.2) is 22.8 Å². The van der Waals surface area contributed by atoms with Crippen molar-refractivity contribution in [3.05, 3.63) is 30.3 Å². The minimum Gasteiger partial charge on any atom is -0.494 e. The normalized spacial score (nSPS) is 12.4. The molecule has 0 aliphatic rings. The van der Waals surface area contributed by atoms with Crippen LogP contribution in [0.3, 0.4) is 0 Å². The van der Waals surface area contributed by atoms with E-state index in [1.807, 2.05) is 30.3 Å². The summed E-state index contributed by atoms with van der Waals surface area (Å²) in [6.45, 7) is 0.710. The zero-order valence-electron chi connectivity index (χ0n) is 8.44. The molecule has 0 fully saturated rings. The molecule has 0 aliphatic heterocycles. The zero-order chi connectivity index (χ0) is 10.2. The Morgan fingerprint density at radius 1 is 1.21 bits per heavy atom. The third-order valence-electron chi connectivity index (χ3n) is 1.84. The summed E-state index contributed by atoms with van der Waals surface area (Å²) in [6.07, 6.45) is 3.67. The monoisotopic (exact) mass is 212 g/mol. The summed E-state index contributed by atoms with van der Waals surface area (Å²) in [4.78, 5) is 0. The molecule has 0 N–H and O–H groups in total. The van der Waals surface area contributed by atoms with Crippen molar-refractivity contribution < 1.29 is 8.95 Å². The Morgan fingerprint density at radius 2 is 1.93 bits per heavy atom. The van der Waals surface area contributed by atoms with E-state index >= 15 is 0 Å². The maximum Gasteiger partial charge on any atom is 0.119 e. The van der Waals surface area contributed by atoms with Gasteiger partial charge in [0.05, 0.1) is 6.61 Å². The molecular weight excluding hydrogens is 196 g/mol. The van der Waals surface area contributed by atoms with Crippen molar-refractivity contribution in [1.82, 2.24) is 0 Å². The number of hydrogen-bond donors (Lipinski definition) is 0. The lowest BCUT2D eigenvalue weighted by atomic mass is 10.3. The molecule has 1 atom stereocenters. The van der Waals surface area contributed by atoms with Crippen molar-refractivity contribution in [2.75, 3.05) is 18.6 Å². The fourth-order valence-electron chi connectivity index (χ4n) is 1.11. The standard InChI is InChI=1S/C11H16O2S/c1-14(12)10-6-5-9-13-11-7-3-2-4-8-11/h2-4,7-8H,5-6,9-10H2,1H3. The summed E-state index contributed by atoms with van der Waals surface area (Å²) < 4.78 is 16.2. The van der Waals surface area contributed by atoms with E-state index in [1.54, 1.807) is 6.26 Å². The molecule has 3 heteroatoms. The Labute approximate surface area is 87.7 Å². The number of para-hydroxylation sites is 1. The summed E-state index contributed by atoms with van der Waals surface area (Å²) in [5, 5.41) is 0. The molecule has 1 unspecified atom stereocenters. The van der Waals surface area contributed by atoms with Crippen molar-refractivity contribution in [2.45, 2.75) is 12.8 Å². The van der Waals surface area contributed by atoms with Crippen LogP contribution in [0.15, 0.2) is 30.3 Å². The van der Waals surface area contributed by atoms with Crippen LogP contribution in [0, 0.1) is 0 Å². The van der Waals surface area contributed by atoms with E-state index in [1.165, 1.54) is 0 Å². The molecule has 0 saturated carbocycles. The van der Waals surface area contributed by atoms with Crippen molar-refractivity contribution in [3.63, 3.8) is 0 Å². The topological polar surface area (TPSA) is 26.3 Å². The van der Waals surface area contributed by atoms with Gasteiger partial charge in [0, 0.05) is 22.8 Å². The van der Waals surface area contributed by atoms with E-state index < -0.39 is 10.8 Å². The van der Waals surface area contributed by atoms with Gasteiger partial charge in [-0.1, -0.05) is 18.2 Å². The minimum absolute atomic E-state index is 0.669. The Hall–Kier alpha value is -0.830. The molecule has 0 heterocycles. The number of unbranched alkanes of at least 4 members (excludes halogenated alkanes) is 1. The fraction of sp³-hybridized carbons (Fsp3) is 0.455. The highest BCUT2D eigenvalue weighted by molar-refractivity contribution is 7.84. The Balaban J connectivity index is 2.08. The van der Waals surface area contributed by atoms with Crippen LogP contribution in [0.25, 0.3) is 0 Å². The van der Waals surface area contributed by atoms with Crippen molar-refractivity contribution in [1.29, 1.82) is 0 Å². The third-order valence-corrected chi connectivity index (χ3v) is 2.70. The van der Waals surface area contributed by atoms with Crippen LogP contribution in [0.5, 0.6) is 5.75 Å². The van der Waals surface area contributed by atoms with Gasteiger partial charge in [-0.3, -0.25) is 4.21 Å². The van der Waals surface area contributed by atoms with E-state index in [9.17, 15) is 4.21 Å². The molecule has 1 aromatic rings. The van der Waals surface area contributed by atoms with Crippen molar-refractivity contribution in [2.24, 2.45) is 0 Å². The molecule has 0 bridgehead atoms. The lowest BCUT2D eigenvalue weighted by molar-refractivity contribution is 0.310. The highest BCUT2D eigenvalue weighted by Gasteiger charge is 1.93. The first-order valence-electron chi connectivity index (χ1n) is 4.77. The van der Waals surface area contributed by atoms with E-state index in [0.717, 1.165) is 24.3 Å². The molecule has 1 rings (SSSR count). The van der Waals surface area contributed by atoms with Crippen LogP contribution >= 0.6 is 0 Å². The second-order valence-corrected chi connectivity index (χ2v) is 4.70. The van der Waals surface area contributed by atoms with Gasteiger partial charge in [0.1, 0.15) is 5.75 Å². The summed E-state index contributed by atoms with van der Waals surface area (Å²) in [5.74, 6) is 1.68. The molecule has 1 aromatic carbocycles. The van der Waals surface area contributed by atoms with Gasteiger partial charge >= 0.3 is 0 Å². The van der Waals surface area contributed by atoms with Gasteiger partial charge in [-0.05, 0) is 25.0 Å². The molecule has 0 saturated heterocycles. The number of ether oxygens (including phenoxy) is 1. The van der Waals surface area contributed by atoms with Gasteiger partial charge in [0.15, 0.2) is 0 Å². The molecule has 0 radical (unpaired) electrons. The van der Waals surface area contributed by atoms with E-state index in [-0.39, 0.29) is 0 Å². The Morgan fingerprint density at radius 3 is 2.57 bits per heavy atom. The molecule has 2 nitrogen and oxygen atoms in total. The molecule has 78 valence electrons. The quantitative estimate of drug-likeness (QED) is 0.676. The lowest BCUT2D eigenvalue weighted by Gasteiger charge is -2.04. The largest absolute Gasteiger partial charge is 0.494 e. The lowest BCUT2D eigenvalue weighted by Crippen LogP contribution is -2.00. The third kappa shape index (κ3) is 5.02. The summed E-state index contributed by atoms with van der Waals surface area (Å²) in [6, 6.07) is 9.76. The maximum absolute atomic E-state index is 10.7.